The van der Waals surface area contributed by atoms with Crippen molar-refractivity contribution in [2.75, 3.05) is 18.2 Å². The van der Waals surface area contributed by atoms with Crippen LogP contribution in [-0.2, 0) is 11.3 Å². The standard InChI is InChI=1S/C21H23ClN4O3S/c1-13(2)11-26-20(14-4-7-16(29-3)8-5-14)24-25-21(26)30-12-19(28)23-17-10-15(22)6-9-18(17)27/h4-10,13,27H,11-12H2,1-3H3,(H,23,28). The molecule has 3 aromatic rings. The van der Waals surface area contributed by atoms with Gasteiger partial charge in [0.05, 0.1) is 18.6 Å². The zero-order valence-electron chi connectivity index (χ0n) is 16.9. The molecule has 0 unspecified atom stereocenters. The average molecular weight is 447 g/mol. The number of thioether (sulfide) groups is 1. The number of nitrogens with one attached hydrogen (secondary N) is 1. The second-order valence-electron chi connectivity index (χ2n) is 7.04. The van der Waals surface area contributed by atoms with Crippen LogP contribution in [0.5, 0.6) is 11.5 Å². The Morgan fingerprint density at radius 3 is 2.63 bits per heavy atom. The van der Waals surface area contributed by atoms with E-state index in [1.54, 1.807) is 13.2 Å². The maximum absolute atomic E-state index is 12.4. The van der Waals surface area contributed by atoms with Crippen molar-refractivity contribution in [3.63, 3.8) is 0 Å². The topological polar surface area (TPSA) is 89.3 Å². The maximum Gasteiger partial charge on any atom is 0.234 e. The first kappa shape index (κ1) is 22.0. The third-order valence-electron chi connectivity index (χ3n) is 4.18. The molecule has 3 rings (SSSR count). The quantitative estimate of drug-likeness (QED) is 0.385. The minimum Gasteiger partial charge on any atom is -0.506 e. The van der Waals surface area contributed by atoms with Crippen LogP contribution >= 0.6 is 23.4 Å². The highest BCUT2D eigenvalue weighted by molar-refractivity contribution is 7.99. The van der Waals surface area contributed by atoms with E-state index in [9.17, 15) is 9.90 Å². The average Bonchev–Trinajstić information content (AvgIpc) is 3.11. The van der Waals surface area contributed by atoms with Gasteiger partial charge in [-0.1, -0.05) is 37.2 Å². The van der Waals surface area contributed by atoms with Crippen LogP contribution in [0.15, 0.2) is 47.6 Å². The molecule has 0 radical (unpaired) electrons. The number of carbonyl (C=O) groups is 1. The third-order valence-corrected chi connectivity index (χ3v) is 5.38. The Kier molecular flexibility index (Phi) is 7.23. The number of ether oxygens (including phenoxy) is 1. The smallest absolute Gasteiger partial charge is 0.234 e. The molecule has 0 fully saturated rings. The van der Waals surface area contributed by atoms with E-state index in [1.165, 1.54) is 23.9 Å². The summed E-state index contributed by atoms with van der Waals surface area (Å²) in [6.45, 7) is 4.94. The molecule has 0 aliphatic heterocycles. The van der Waals surface area contributed by atoms with Crippen LogP contribution in [-0.4, -0.2) is 38.6 Å². The van der Waals surface area contributed by atoms with Gasteiger partial charge in [-0.25, -0.2) is 0 Å². The molecule has 0 bridgehead atoms. The van der Waals surface area contributed by atoms with Crippen molar-refractivity contribution in [1.29, 1.82) is 0 Å². The Balaban J connectivity index is 1.75. The number of nitrogens with zero attached hydrogens (tertiary/aromatic N) is 3. The number of rotatable bonds is 8. The summed E-state index contributed by atoms with van der Waals surface area (Å²) < 4.78 is 7.23. The number of aromatic nitrogens is 3. The van der Waals surface area contributed by atoms with Gasteiger partial charge in [0.2, 0.25) is 5.91 Å². The van der Waals surface area contributed by atoms with Crippen molar-refractivity contribution in [2.24, 2.45) is 5.92 Å². The molecular formula is C21H23ClN4O3S. The lowest BCUT2D eigenvalue weighted by Gasteiger charge is -2.13. The molecule has 0 aliphatic rings. The summed E-state index contributed by atoms with van der Waals surface area (Å²) in [6, 6.07) is 12.1. The summed E-state index contributed by atoms with van der Waals surface area (Å²) in [4.78, 5) is 12.4. The number of phenolic OH excluding ortho intramolecular Hbond substituents is 1. The van der Waals surface area contributed by atoms with E-state index in [2.05, 4.69) is 29.4 Å². The van der Waals surface area contributed by atoms with Gasteiger partial charge in [0.15, 0.2) is 11.0 Å². The fourth-order valence-corrected chi connectivity index (χ4v) is 3.72. The zero-order valence-corrected chi connectivity index (χ0v) is 18.5. The molecule has 1 aromatic heterocycles. The van der Waals surface area contributed by atoms with Gasteiger partial charge in [-0.3, -0.25) is 4.79 Å². The highest BCUT2D eigenvalue weighted by atomic mass is 35.5. The van der Waals surface area contributed by atoms with E-state index >= 15 is 0 Å². The van der Waals surface area contributed by atoms with Crippen LogP contribution < -0.4 is 10.1 Å². The van der Waals surface area contributed by atoms with Crippen LogP contribution in [0.25, 0.3) is 11.4 Å². The number of halogens is 1. The van der Waals surface area contributed by atoms with Crippen LogP contribution in [0.1, 0.15) is 13.8 Å². The summed E-state index contributed by atoms with van der Waals surface area (Å²) in [7, 11) is 1.62. The van der Waals surface area contributed by atoms with E-state index in [4.69, 9.17) is 16.3 Å². The minimum absolute atomic E-state index is 0.0393. The second kappa shape index (κ2) is 9.86. The molecular weight excluding hydrogens is 424 g/mol. The van der Waals surface area contributed by atoms with Gasteiger partial charge in [0.25, 0.3) is 0 Å². The lowest BCUT2D eigenvalue weighted by atomic mass is 10.2. The zero-order chi connectivity index (χ0) is 21.7. The van der Waals surface area contributed by atoms with Crippen molar-refractivity contribution in [1.82, 2.24) is 14.8 Å². The summed E-state index contributed by atoms with van der Waals surface area (Å²) in [5.74, 6) is 1.68. The van der Waals surface area contributed by atoms with Crippen molar-refractivity contribution in [2.45, 2.75) is 25.5 Å². The molecule has 1 heterocycles. The first-order chi connectivity index (χ1) is 14.4. The van der Waals surface area contributed by atoms with Crippen LogP contribution in [0.4, 0.5) is 5.69 Å². The molecule has 2 aromatic carbocycles. The van der Waals surface area contributed by atoms with Crippen LogP contribution in [0.3, 0.4) is 0 Å². The van der Waals surface area contributed by atoms with Crippen LogP contribution in [0.2, 0.25) is 5.02 Å². The first-order valence-electron chi connectivity index (χ1n) is 9.36. The van der Waals surface area contributed by atoms with Gasteiger partial charge < -0.3 is 19.7 Å². The number of benzene rings is 2. The SMILES string of the molecule is COc1ccc(-c2nnc(SCC(=O)Nc3cc(Cl)ccc3O)n2CC(C)C)cc1. The number of hydrogen-bond donors (Lipinski definition) is 2. The Bertz CT molecular complexity index is 1020. The summed E-state index contributed by atoms with van der Waals surface area (Å²) >= 11 is 7.21. The molecule has 9 heteroatoms. The number of hydrogen-bond acceptors (Lipinski definition) is 6. The molecule has 30 heavy (non-hydrogen) atoms. The lowest BCUT2D eigenvalue weighted by Crippen LogP contribution is -2.15. The van der Waals surface area contributed by atoms with E-state index < -0.39 is 0 Å². The molecule has 0 saturated carbocycles. The van der Waals surface area contributed by atoms with Gasteiger partial charge >= 0.3 is 0 Å². The number of carbonyl (C=O) groups excluding carboxylic acids is 1. The first-order valence-corrected chi connectivity index (χ1v) is 10.7. The molecule has 0 aliphatic carbocycles. The molecule has 0 atom stereocenters. The summed E-state index contributed by atoms with van der Waals surface area (Å²) in [6.07, 6.45) is 0. The number of aromatic hydroxyl groups is 1. The van der Waals surface area contributed by atoms with Crippen LogP contribution in [0, 0.1) is 5.92 Å². The molecule has 0 saturated heterocycles. The van der Waals surface area contributed by atoms with Gasteiger partial charge in [-0.05, 0) is 48.4 Å². The number of amides is 1. The molecule has 7 nitrogen and oxygen atoms in total. The monoisotopic (exact) mass is 446 g/mol. The normalized spacial score (nSPS) is 11.0. The Morgan fingerprint density at radius 1 is 1.23 bits per heavy atom. The van der Waals surface area contributed by atoms with Crippen molar-refractivity contribution >= 4 is 35.0 Å². The van der Waals surface area contributed by atoms with Gasteiger partial charge in [0.1, 0.15) is 11.5 Å². The second-order valence-corrected chi connectivity index (χ2v) is 8.42. The predicted molar refractivity (Wildman–Crippen MR) is 119 cm³/mol. The maximum atomic E-state index is 12.4. The number of methoxy groups -OCH3 is 1. The highest BCUT2D eigenvalue weighted by Crippen LogP contribution is 2.29. The number of anilines is 1. The van der Waals surface area contributed by atoms with Crippen molar-refractivity contribution in [3.05, 3.63) is 47.5 Å². The van der Waals surface area contributed by atoms with Gasteiger partial charge in [-0.15, -0.1) is 10.2 Å². The number of phenols is 1. The van der Waals surface area contributed by atoms with E-state index in [0.717, 1.165) is 17.1 Å². The van der Waals surface area contributed by atoms with Gasteiger partial charge in [-0.2, -0.15) is 0 Å². The Hall–Kier alpha value is -2.71. The van der Waals surface area contributed by atoms with E-state index in [0.29, 0.717) is 22.6 Å². The van der Waals surface area contributed by atoms with E-state index in [1.807, 2.05) is 28.8 Å². The fourth-order valence-electron chi connectivity index (χ4n) is 2.80. The Labute approximate surface area is 184 Å². The summed E-state index contributed by atoms with van der Waals surface area (Å²) in [5, 5.41) is 22.2. The summed E-state index contributed by atoms with van der Waals surface area (Å²) in [5.41, 5.74) is 1.19. The van der Waals surface area contributed by atoms with Crippen molar-refractivity contribution in [3.8, 4) is 22.9 Å². The predicted octanol–water partition coefficient (Wildman–Crippen LogP) is 4.70. The fraction of sp³-hybridized carbons (Fsp3) is 0.286. The largest absolute Gasteiger partial charge is 0.506 e. The molecule has 0 spiro atoms. The third kappa shape index (κ3) is 5.46. The molecule has 1 amide bonds. The lowest BCUT2D eigenvalue weighted by molar-refractivity contribution is -0.113. The van der Waals surface area contributed by atoms with Gasteiger partial charge in [0, 0.05) is 17.1 Å². The van der Waals surface area contributed by atoms with Crippen molar-refractivity contribution < 1.29 is 14.6 Å². The van der Waals surface area contributed by atoms with E-state index in [-0.39, 0.29) is 23.1 Å². The molecule has 158 valence electrons. The molecule has 2 N–H and O–H groups in total. The minimum atomic E-state index is -0.275. The Morgan fingerprint density at radius 2 is 1.97 bits per heavy atom. The highest BCUT2D eigenvalue weighted by Gasteiger charge is 2.17.